The van der Waals surface area contributed by atoms with E-state index in [-0.39, 0.29) is 18.1 Å². The molecule has 0 bridgehead atoms. The molecular weight excluding hydrogens is 615 g/mol. The number of carboxylic acid groups (broad SMARTS) is 1. The van der Waals surface area contributed by atoms with E-state index in [1.165, 1.54) is 24.3 Å². The number of nitrogens with one attached hydrogen (secondary N) is 2. The van der Waals surface area contributed by atoms with E-state index in [1.807, 2.05) is 0 Å². The van der Waals surface area contributed by atoms with E-state index in [4.69, 9.17) is 9.47 Å². The molecule has 2 unspecified atom stereocenters. The maximum absolute atomic E-state index is 13.4. The summed E-state index contributed by atoms with van der Waals surface area (Å²) in [6, 6.07) is 9.03. The molecule has 3 atom stereocenters. The summed E-state index contributed by atoms with van der Waals surface area (Å²) in [7, 11) is 0. The van der Waals surface area contributed by atoms with Crippen molar-refractivity contribution < 1.29 is 46.9 Å². The lowest BCUT2D eigenvalue weighted by Crippen LogP contribution is -2.36. The Morgan fingerprint density at radius 2 is 1.81 bits per heavy atom. The van der Waals surface area contributed by atoms with Crippen LogP contribution in [-0.2, 0) is 25.4 Å². The second-order valence-corrected chi connectivity index (χ2v) is 11.6. The van der Waals surface area contributed by atoms with Gasteiger partial charge in [0.25, 0.3) is 5.91 Å². The molecule has 3 heterocycles. The summed E-state index contributed by atoms with van der Waals surface area (Å²) in [5.74, 6) is -5.16. The number of aromatic amines is 1. The normalized spacial score (nSPS) is 19.5. The van der Waals surface area contributed by atoms with Crippen LogP contribution >= 0.6 is 23.1 Å². The second kappa shape index (κ2) is 11.8. The fourth-order valence-corrected chi connectivity index (χ4v) is 7.54. The Labute approximate surface area is 249 Å². The lowest BCUT2D eigenvalue weighted by molar-refractivity contribution is -0.149. The zero-order chi connectivity index (χ0) is 31.1. The average molecular weight is 638 g/mol. The first-order valence-corrected chi connectivity index (χ1v) is 14.4. The van der Waals surface area contributed by atoms with Crippen molar-refractivity contribution in [1.29, 1.82) is 0 Å². The number of alkyl halides is 3. The van der Waals surface area contributed by atoms with Crippen LogP contribution in [0.2, 0.25) is 0 Å². The van der Waals surface area contributed by atoms with E-state index < -0.39 is 76.2 Å². The zero-order valence-electron chi connectivity index (χ0n) is 22.1. The third-order valence-corrected chi connectivity index (χ3v) is 9.10. The summed E-state index contributed by atoms with van der Waals surface area (Å²) in [5.41, 5.74) is -0.979. The smallest absolute Gasteiger partial charge is 0.418 e. The number of hydrogen-bond acceptors (Lipinski definition) is 9. The van der Waals surface area contributed by atoms with Gasteiger partial charge in [-0.05, 0) is 36.8 Å². The highest BCUT2D eigenvalue weighted by Gasteiger charge is 2.56. The highest BCUT2D eigenvalue weighted by molar-refractivity contribution is 8.00. The van der Waals surface area contributed by atoms with E-state index in [0.29, 0.717) is 20.4 Å². The van der Waals surface area contributed by atoms with Gasteiger partial charge in [0, 0.05) is 10.8 Å². The van der Waals surface area contributed by atoms with Crippen molar-refractivity contribution in [3.8, 4) is 11.5 Å². The fraction of sp³-hybridized carbons (Fsp3) is 0.296. The Hall–Kier alpha value is -4.31. The Bertz CT molecular complexity index is 1670. The maximum Gasteiger partial charge on any atom is 0.418 e. The van der Waals surface area contributed by atoms with Crippen molar-refractivity contribution in [3.63, 3.8) is 0 Å². The first-order chi connectivity index (χ1) is 20.4. The molecular formula is C27H22F3N3O8S2. The molecule has 1 saturated heterocycles. The van der Waals surface area contributed by atoms with Crippen LogP contribution in [0.1, 0.15) is 28.8 Å². The largest absolute Gasteiger partial charge is 0.490 e. The third kappa shape index (κ3) is 5.97. The number of likely N-dealkylation sites (tertiary alicyclic amines) is 1. The van der Waals surface area contributed by atoms with Gasteiger partial charge in [0.15, 0.2) is 18.1 Å². The molecule has 1 fully saturated rings. The number of imide groups is 1. The number of para-hydroxylation sites is 1. The summed E-state index contributed by atoms with van der Waals surface area (Å²) in [6.45, 7) is 0.388. The van der Waals surface area contributed by atoms with Crippen molar-refractivity contribution >= 4 is 52.5 Å². The molecule has 2 aliphatic heterocycles. The van der Waals surface area contributed by atoms with Crippen molar-refractivity contribution in [1.82, 2.24) is 9.88 Å². The molecule has 5 rings (SSSR count). The lowest BCUT2D eigenvalue weighted by atomic mass is 9.83. The number of carboxylic acids is 1. The van der Waals surface area contributed by atoms with Crippen molar-refractivity contribution in [2.75, 3.05) is 25.1 Å². The first kappa shape index (κ1) is 30.2. The Morgan fingerprint density at radius 3 is 2.51 bits per heavy atom. The number of hydrogen-bond donors (Lipinski definition) is 3. The van der Waals surface area contributed by atoms with Gasteiger partial charge in [0.2, 0.25) is 11.8 Å². The maximum atomic E-state index is 13.4. The average Bonchev–Trinajstić information content (AvgIpc) is 3.42. The van der Waals surface area contributed by atoms with Crippen LogP contribution in [0.15, 0.2) is 52.3 Å². The van der Waals surface area contributed by atoms with Crippen LogP contribution in [0.25, 0.3) is 0 Å². The molecule has 11 nitrogen and oxygen atoms in total. The molecule has 1 aromatic heterocycles. The van der Waals surface area contributed by atoms with Gasteiger partial charge in [0.05, 0.1) is 28.8 Å². The SMILES string of the molecule is CCOc1cc([C@H]2c3sc(=O)[nH]c3SC3C(=O)N(CC(=O)O)C(=O)C32)ccc1OCC(=O)Nc1ccccc1C(F)(F)F. The number of fused-ring (bicyclic) bond motifs is 2. The number of aromatic nitrogens is 1. The number of anilines is 1. The van der Waals surface area contributed by atoms with E-state index in [1.54, 1.807) is 13.0 Å². The van der Waals surface area contributed by atoms with Gasteiger partial charge >= 0.3 is 17.0 Å². The first-order valence-electron chi connectivity index (χ1n) is 12.7. The van der Waals surface area contributed by atoms with Crippen molar-refractivity contribution in [2.24, 2.45) is 5.92 Å². The van der Waals surface area contributed by atoms with Crippen LogP contribution < -0.4 is 19.7 Å². The number of thioether (sulfide) groups is 1. The number of thiazole rings is 1. The number of nitrogens with zero attached hydrogens (tertiary/aromatic N) is 1. The lowest BCUT2D eigenvalue weighted by Gasteiger charge is -2.30. The number of rotatable bonds is 9. The van der Waals surface area contributed by atoms with Crippen LogP contribution in [-0.4, -0.2) is 63.7 Å². The summed E-state index contributed by atoms with van der Waals surface area (Å²) in [4.78, 5) is 65.9. The molecule has 3 amide bonds. The number of benzene rings is 2. The second-order valence-electron chi connectivity index (χ2n) is 9.43. The van der Waals surface area contributed by atoms with Crippen molar-refractivity contribution in [2.45, 2.75) is 29.3 Å². The molecule has 226 valence electrons. The molecule has 3 aromatic rings. The van der Waals surface area contributed by atoms with Gasteiger partial charge in [-0.2, -0.15) is 13.2 Å². The predicted octanol–water partition coefficient (Wildman–Crippen LogP) is 3.55. The highest BCUT2D eigenvalue weighted by atomic mass is 32.2. The Balaban J connectivity index is 1.42. The van der Waals surface area contributed by atoms with Gasteiger partial charge in [-0.25, -0.2) is 0 Å². The van der Waals surface area contributed by atoms with Crippen molar-refractivity contribution in [3.05, 3.63) is 68.1 Å². The highest BCUT2D eigenvalue weighted by Crippen LogP contribution is 2.53. The zero-order valence-corrected chi connectivity index (χ0v) is 23.7. The summed E-state index contributed by atoms with van der Waals surface area (Å²) in [5, 5.41) is 10.9. The number of aliphatic carboxylic acids is 1. The van der Waals surface area contributed by atoms with Crippen LogP contribution in [0.4, 0.5) is 18.9 Å². The summed E-state index contributed by atoms with van der Waals surface area (Å²) >= 11 is 1.87. The summed E-state index contributed by atoms with van der Waals surface area (Å²) < 4.78 is 51.1. The topological polar surface area (TPSA) is 155 Å². The molecule has 0 saturated carbocycles. The molecule has 16 heteroatoms. The number of carbonyl (C=O) groups is 4. The van der Waals surface area contributed by atoms with E-state index in [0.717, 1.165) is 35.2 Å². The van der Waals surface area contributed by atoms with Crippen LogP contribution in [0.5, 0.6) is 11.5 Å². The van der Waals surface area contributed by atoms with Crippen LogP contribution in [0.3, 0.4) is 0 Å². The van der Waals surface area contributed by atoms with Gasteiger partial charge in [0.1, 0.15) is 11.8 Å². The number of ether oxygens (including phenoxy) is 2. The molecule has 3 N–H and O–H groups in total. The number of carbonyl (C=O) groups excluding carboxylic acids is 3. The molecule has 0 aliphatic carbocycles. The number of halogens is 3. The molecule has 2 aromatic carbocycles. The van der Waals surface area contributed by atoms with E-state index >= 15 is 0 Å². The van der Waals surface area contributed by atoms with Gasteiger partial charge < -0.3 is 24.9 Å². The predicted molar refractivity (Wildman–Crippen MR) is 147 cm³/mol. The van der Waals surface area contributed by atoms with E-state index in [9.17, 15) is 42.3 Å². The third-order valence-electron chi connectivity index (χ3n) is 6.70. The molecule has 0 spiro atoms. The minimum absolute atomic E-state index is 0.0791. The minimum Gasteiger partial charge on any atom is -0.490 e. The number of amides is 3. The monoisotopic (exact) mass is 637 g/mol. The van der Waals surface area contributed by atoms with Gasteiger partial charge in [-0.1, -0.05) is 41.3 Å². The Morgan fingerprint density at radius 1 is 1.07 bits per heavy atom. The fourth-order valence-electron chi connectivity index (χ4n) is 5.00. The van der Waals surface area contributed by atoms with Gasteiger partial charge in [-0.15, -0.1) is 0 Å². The molecule has 43 heavy (non-hydrogen) atoms. The van der Waals surface area contributed by atoms with Crippen LogP contribution in [0, 0.1) is 5.92 Å². The molecule has 2 aliphatic rings. The summed E-state index contributed by atoms with van der Waals surface area (Å²) in [6.07, 6.45) is -4.68. The number of H-pyrrole nitrogens is 1. The Kier molecular flexibility index (Phi) is 8.25. The molecule has 0 radical (unpaired) electrons. The van der Waals surface area contributed by atoms with E-state index in [2.05, 4.69) is 10.3 Å². The standard InChI is InChI=1S/C27H22F3N3O8S2/c1-2-40-16-9-12(7-8-15(16)41-11-17(34)31-14-6-4-3-5-13(14)27(28,29)30)19-20-22(42-23-21(19)43-26(39)32-23)25(38)33(24(20)37)10-18(35)36/h3-9,19-20,22H,2,10-11H2,1H3,(H,31,34)(H,32,39)(H,35,36)/t19-,20?,22?/m1/s1. The minimum atomic E-state index is -4.68. The van der Waals surface area contributed by atoms with Gasteiger partial charge in [-0.3, -0.25) is 28.9 Å². The quantitative estimate of drug-likeness (QED) is 0.299.